The van der Waals surface area contributed by atoms with Crippen LogP contribution in [0.1, 0.15) is 62.1 Å². The number of rotatable bonds is 5. The molecule has 226 valence electrons. The van der Waals surface area contributed by atoms with E-state index in [9.17, 15) is 13.9 Å². The van der Waals surface area contributed by atoms with Crippen molar-refractivity contribution in [3.8, 4) is 35.4 Å². The van der Waals surface area contributed by atoms with Crippen molar-refractivity contribution in [2.24, 2.45) is 0 Å². The van der Waals surface area contributed by atoms with Crippen molar-refractivity contribution in [3.05, 3.63) is 53.4 Å². The van der Waals surface area contributed by atoms with Crippen molar-refractivity contribution in [2.45, 2.75) is 74.7 Å². The highest BCUT2D eigenvalue weighted by molar-refractivity contribution is 6.02. The van der Waals surface area contributed by atoms with Crippen LogP contribution in [0.5, 0.6) is 11.8 Å². The second-order valence-electron chi connectivity index (χ2n) is 12.9. The van der Waals surface area contributed by atoms with Crippen molar-refractivity contribution < 1.29 is 23.0 Å². The predicted molar refractivity (Wildman–Crippen MR) is 160 cm³/mol. The summed E-state index contributed by atoms with van der Waals surface area (Å²) in [4.78, 5) is 16.1. The predicted octanol–water partition coefficient (Wildman–Crippen LogP) is 5.76. The molecule has 5 atom stereocenters. The third-order valence-electron chi connectivity index (χ3n) is 10.2. The van der Waals surface area contributed by atoms with Gasteiger partial charge in [0.05, 0.1) is 16.8 Å². The van der Waals surface area contributed by atoms with Gasteiger partial charge in [0.1, 0.15) is 35.6 Å². The summed E-state index contributed by atoms with van der Waals surface area (Å²) in [6.45, 7) is 1.44. The van der Waals surface area contributed by atoms with E-state index in [1.807, 2.05) is 0 Å². The fraction of sp³-hybridized carbons (Fsp3) is 0.441. The van der Waals surface area contributed by atoms with Gasteiger partial charge in [-0.2, -0.15) is 9.97 Å². The number of aromatic nitrogens is 3. The van der Waals surface area contributed by atoms with Gasteiger partial charge in [-0.1, -0.05) is 12.0 Å². The number of hydrogen-bond acceptors (Lipinski definition) is 7. The quantitative estimate of drug-likeness (QED) is 0.282. The Morgan fingerprint density at radius 1 is 1.16 bits per heavy atom. The van der Waals surface area contributed by atoms with Gasteiger partial charge in [0.2, 0.25) is 0 Å². The monoisotopic (exact) mass is 599 g/mol. The number of piperidine rings is 1. The molecule has 4 fully saturated rings. The number of ether oxygens (including phenoxy) is 1. The van der Waals surface area contributed by atoms with E-state index in [0.29, 0.717) is 41.5 Å². The number of alkyl halides is 1. The summed E-state index contributed by atoms with van der Waals surface area (Å²) in [7, 11) is 0. The molecule has 0 spiro atoms. The molecule has 2 N–H and O–H groups in total. The summed E-state index contributed by atoms with van der Waals surface area (Å²) in [5.41, 5.74) is 0.316. The second kappa shape index (κ2) is 10.3. The lowest BCUT2D eigenvalue weighted by atomic mass is 9.88. The number of fused-ring (bicyclic) bond motifs is 5. The van der Waals surface area contributed by atoms with Gasteiger partial charge in [0.25, 0.3) is 0 Å². The molecule has 4 aromatic rings. The van der Waals surface area contributed by atoms with Gasteiger partial charge in [-0.05, 0) is 68.7 Å². The Labute approximate surface area is 252 Å². The zero-order valence-electron chi connectivity index (χ0n) is 24.1. The minimum absolute atomic E-state index is 0.0339. The van der Waals surface area contributed by atoms with Gasteiger partial charge in [0.15, 0.2) is 5.82 Å². The highest BCUT2D eigenvalue weighted by Gasteiger charge is 2.49. The average molecular weight is 600 g/mol. The Kier molecular flexibility index (Phi) is 6.47. The van der Waals surface area contributed by atoms with E-state index in [0.717, 1.165) is 45.1 Å². The van der Waals surface area contributed by atoms with Gasteiger partial charge in [-0.25, -0.2) is 13.2 Å². The molecule has 6 heterocycles. The third-order valence-corrected chi connectivity index (χ3v) is 10.2. The SMILES string of the molecule is C#Cc1c(F)ccc2cc(O)cc(-c3ncc4c(C5C[C@H]6CC[C@@H](C5)N6)nc(OC[C@@]56CCCN5C[C@H](F)C6)nc4c3F)c12. The first-order chi connectivity index (χ1) is 21.3. The average Bonchev–Trinajstić information content (AvgIpc) is 3.66. The van der Waals surface area contributed by atoms with Crippen LogP contribution >= 0.6 is 0 Å². The molecule has 4 aliphatic rings. The Morgan fingerprint density at radius 3 is 2.77 bits per heavy atom. The summed E-state index contributed by atoms with van der Waals surface area (Å²) in [6.07, 6.45) is 12.4. The molecular formula is C34H32F3N5O2. The lowest BCUT2D eigenvalue weighted by Crippen LogP contribution is -2.43. The van der Waals surface area contributed by atoms with Gasteiger partial charge in [0, 0.05) is 53.5 Å². The van der Waals surface area contributed by atoms with Crippen LogP contribution in [0.2, 0.25) is 0 Å². The summed E-state index contributed by atoms with van der Waals surface area (Å²) >= 11 is 0. The molecule has 4 saturated heterocycles. The number of benzene rings is 2. The molecule has 7 nitrogen and oxygen atoms in total. The lowest BCUT2D eigenvalue weighted by molar-refractivity contribution is 0.107. The van der Waals surface area contributed by atoms with E-state index in [-0.39, 0.29) is 52.0 Å². The minimum atomic E-state index is -0.905. The van der Waals surface area contributed by atoms with Crippen LogP contribution in [-0.4, -0.2) is 68.4 Å². The Hall–Kier alpha value is -3.94. The lowest BCUT2D eigenvalue weighted by Gasteiger charge is -2.31. The fourth-order valence-electron chi connectivity index (χ4n) is 8.30. The topological polar surface area (TPSA) is 83.4 Å². The van der Waals surface area contributed by atoms with Gasteiger partial charge in [-0.3, -0.25) is 9.88 Å². The smallest absolute Gasteiger partial charge is 0.317 e. The highest BCUT2D eigenvalue weighted by Crippen LogP contribution is 2.43. The number of phenols is 1. The fourth-order valence-corrected chi connectivity index (χ4v) is 8.30. The number of aromatic hydroxyl groups is 1. The maximum Gasteiger partial charge on any atom is 0.317 e. The summed E-state index contributed by atoms with van der Waals surface area (Å²) < 4.78 is 52.2. The van der Waals surface area contributed by atoms with Crippen LogP contribution in [0.4, 0.5) is 13.2 Å². The van der Waals surface area contributed by atoms with E-state index >= 15 is 4.39 Å². The van der Waals surface area contributed by atoms with E-state index in [4.69, 9.17) is 16.1 Å². The molecule has 0 aliphatic carbocycles. The highest BCUT2D eigenvalue weighted by atomic mass is 19.1. The summed E-state index contributed by atoms with van der Waals surface area (Å²) in [5, 5.41) is 15.4. The number of pyridine rings is 1. The largest absolute Gasteiger partial charge is 0.508 e. The number of terminal acetylenes is 1. The summed E-state index contributed by atoms with van der Waals surface area (Å²) in [5.74, 6) is 0.929. The van der Waals surface area contributed by atoms with E-state index in [1.54, 1.807) is 6.20 Å². The Balaban J connectivity index is 1.28. The molecule has 44 heavy (non-hydrogen) atoms. The van der Waals surface area contributed by atoms with Crippen molar-refractivity contribution in [1.82, 2.24) is 25.2 Å². The van der Waals surface area contributed by atoms with Gasteiger partial charge < -0.3 is 15.2 Å². The molecule has 1 unspecified atom stereocenters. The van der Waals surface area contributed by atoms with Crippen LogP contribution in [0.3, 0.4) is 0 Å². The van der Waals surface area contributed by atoms with Gasteiger partial charge >= 0.3 is 6.01 Å². The number of phenolic OH excluding ortho intramolecular Hbond substituents is 1. The van der Waals surface area contributed by atoms with E-state index in [2.05, 4.69) is 26.1 Å². The second-order valence-corrected chi connectivity index (χ2v) is 12.9. The molecule has 10 heteroatoms. The molecule has 0 saturated carbocycles. The van der Waals surface area contributed by atoms with Crippen molar-refractivity contribution >= 4 is 21.7 Å². The first-order valence-electron chi connectivity index (χ1n) is 15.4. The summed E-state index contributed by atoms with van der Waals surface area (Å²) in [6, 6.07) is 6.29. The van der Waals surface area contributed by atoms with Gasteiger partial charge in [-0.15, -0.1) is 6.42 Å². The maximum absolute atomic E-state index is 16.7. The standard InChI is InChI=1S/C34H32F3N5O2/c1-2-24-27(36)7-4-18-12-23(43)13-25(28(18)24)31-29(37)32-26(15-38-31)30(19-10-21-5-6-22(11-19)39-21)40-33(41-32)44-17-34-8-3-9-42(34)16-20(35)14-34/h1,4,7,12-13,15,19-22,39,43H,3,5-6,8-11,14,16-17H2/t19?,20-,21-,22+,34+/m1/s1. The van der Waals surface area contributed by atoms with E-state index < -0.39 is 23.3 Å². The molecule has 0 amide bonds. The molecule has 0 radical (unpaired) electrons. The first kappa shape index (κ1) is 27.6. The third kappa shape index (κ3) is 4.39. The van der Waals surface area contributed by atoms with E-state index in [1.165, 1.54) is 24.3 Å². The van der Waals surface area contributed by atoms with Crippen molar-refractivity contribution in [2.75, 3.05) is 19.7 Å². The Bertz CT molecular complexity index is 1850. The maximum atomic E-state index is 16.7. The van der Waals surface area contributed by atoms with Crippen LogP contribution in [0, 0.1) is 24.0 Å². The van der Waals surface area contributed by atoms with Crippen LogP contribution < -0.4 is 10.1 Å². The number of halogens is 3. The Morgan fingerprint density at radius 2 is 1.98 bits per heavy atom. The number of nitrogens with one attached hydrogen (secondary N) is 1. The van der Waals surface area contributed by atoms with Crippen LogP contribution in [-0.2, 0) is 0 Å². The molecular weight excluding hydrogens is 567 g/mol. The molecule has 8 rings (SSSR count). The molecule has 2 bridgehead atoms. The zero-order chi connectivity index (χ0) is 30.2. The number of nitrogens with zero attached hydrogens (tertiary/aromatic N) is 4. The van der Waals surface area contributed by atoms with Crippen molar-refractivity contribution in [1.29, 1.82) is 0 Å². The zero-order valence-corrected chi connectivity index (χ0v) is 24.1. The molecule has 2 aromatic carbocycles. The van der Waals surface area contributed by atoms with Crippen LogP contribution in [0.25, 0.3) is 32.9 Å². The minimum Gasteiger partial charge on any atom is -0.508 e. The van der Waals surface area contributed by atoms with Crippen molar-refractivity contribution in [3.63, 3.8) is 0 Å². The number of hydrogen-bond donors (Lipinski definition) is 2. The molecule has 2 aromatic heterocycles. The molecule has 4 aliphatic heterocycles. The normalized spacial score (nSPS) is 28.0. The first-order valence-corrected chi connectivity index (χ1v) is 15.4. The van der Waals surface area contributed by atoms with Crippen LogP contribution in [0.15, 0.2) is 30.5 Å².